The molecule has 5 nitrogen and oxygen atoms in total. The van der Waals surface area contributed by atoms with Crippen molar-refractivity contribution in [3.05, 3.63) is 47.9 Å². The lowest BCUT2D eigenvalue weighted by atomic mass is 10.00. The second-order valence-corrected chi connectivity index (χ2v) is 6.16. The van der Waals surface area contributed by atoms with E-state index in [1.54, 1.807) is 7.11 Å². The Balaban J connectivity index is 2.00. The summed E-state index contributed by atoms with van der Waals surface area (Å²) < 4.78 is 7.47. The lowest BCUT2D eigenvalue weighted by Crippen LogP contribution is -2.30. The van der Waals surface area contributed by atoms with Crippen molar-refractivity contribution < 1.29 is 9.84 Å². The van der Waals surface area contributed by atoms with E-state index in [0.29, 0.717) is 0 Å². The largest absolute Gasteiger partial charge is 0.380 e. The third kappa shape index (κ3) is 3.02. The number of nitrogens with zero attached hydrogens (tertiary/aromatic N) is 3. The third-order valence-electron chi connectivity index (χ3n) is 4.33. The van der Waals surface area contributed by atoms with Crippen molar-refractivity contribution in [3.63, 3.8) is 0 Å². The molecular weight excluding hydrogens is 290 g/mol. The standard InChI is InChI=1S/C18H23N3O2/c1-12-7-15(10-20(3)18(12)22)14-5-6-16-17(8-14)21(11-19-16)9-13(2)23-4/h5-8,10-11,13,18,22H,9H2,1-4H3. The van der Waals surface area contributed by atoms with Crippen molar-refractivity contribution in [2.75, 3.05) is 14.2 Å². The highest BCUT2D eigenvalue weighted by molar-refractivity contribution is 5.84. The molecule has 122 valence electrons. The van der Waals surface area contributed by atoms with Crippen molar-refractivity contribution in [1.82, 2.24) is 14.5 Å². The van der Waals surface area contributed by atoms with Crippen LogP contribution in [-0.2, 0) is 11.3 Å². The van der Waals surface area contributed by atoms with Crippen molar-refractivity contribution in [2.45, 2.75) is 32.7 Å². The van der Waals surface area contributed by atoms with Crippen molar-refractivity contribution >= 4 is 16.6 Å². The Morgan fingerprint density at radius 1 is 1.39 bits per heavy atom. The quantitative estimate of drug-likeness (QED) is 0.943. The number of methoxy groups -OCH3 is 1. The summed E-state index contributed by atoms with van der Waals surface area (Å²) in [5.74, 6) is 0. The zero-order chi connectivity index (χ0) is 16.6. The lowest BCUT2D eigenvalue weighted by molar-refractivity contribution is 0.0868. The molecule has 0 saturated heterocycles. The molecule has 1 N–H and O–H groups in total. The summed E-state index contributed by atoms with van der Waals surface area (Å²) in [6, 6.07) is 6.25. The number of hydrogen-bond donors (Lipinski definition) is 1. The zero-order valence-electron chi connectivity index (χ0n) is 14.0. The van der Waals surface area contributed by atoms with Gasteiger partial charge in [0.15, 0.2) is 0 Å². The van der Waals surface area contributed by atoms with Gasteiger partial charge in [-0.2, -0.15) is 0 Å². The summed E-state index contributed by atoms with van der Waals surface area (Å²) in [6.45, 7) is 4.75. The number of ether oxygens (including phenoxy) is 1. The Morgan fingerprint density at radius 3 is 2.87 bits per heavy atom. The maximum Gasteiger partial charge on any atom is 0.148 e. The third-order valence-corrected chi connectivity index (χ3v) is 4.33. The molecule has 0 spiro atoms. The summed E-state index contributed by atoms with van der Waals surface area (Å²) >= 11 is 0. The van der Waals surface area contributed by atoms with Crippen LogP contribution in [0, 0.1) is 0 Å². The maximum absolute atomic E-state index is 10.0. The number of imidazole rings is 1. The predicted molar refractivity (Wildman–Crippen MR) is 91.7 cm³/mol. The van der Waals surface area contributed by atoms with Crippen LogP contribution in [-0.4, -0.2) is 46.0 Å². The van der Waals surface area contributed by atoms with Crippen LogP contribution in [0.4, 0.5) is 0 Å². The fourth-order valence-corrected chi connectivity index (χ4v) is 2.86. The molecule has 0 amide bonds. The van der Waals surface area contributed by atoms with Gasteiger partial charge in [-0.15, -0.1) is 0 Å². The van der Waals surface area contributed by atoms with Crippen molar-refractivity contribution in [3.8, 4) is 0 Å². The fourth-order valence-electron chi connectivity index (χ4n) is 2.86. The first-order valence-electron chi connectivity index (χ1n) is 7.77. The summed E-state index contributed by atoms with van der Waals surface area (Å²) in [7, 11) is 3.60. The average Bonchev–Trinajstić information content (AvgIpc) is 2.94. The number of aliphatic hydroxyl groups excluding tert-OH is 1. The minimum absolute atomic E-state index is 0.133. The highest BCUT2D eigenvalue weighted by atomic mass is 16.5. The van der Waals surface area contributed by atoms with E-state index in [4.69, 9.17) is 4.74 Å². The molecule has 0 fully saturated rings. The van der Waals surface area contributed by atoms with E-state index in [1.807, 2.05) is 50.5 Å². The molecule has 2 aromatic rings. The molecule has 1 aromatic heterocycles. The van der Waals surface area contributed by atoms with E-state index in [2.05, 4.69) is 21.7 Å². The van der Waals surface area contributed by atoms with Crippen LogP contribution in [0.3, 0.4) is 0 Å². The Bertz CT molecular complexity index is 776. The van der Waals surface area contributed by atoms with E-state index >= 15 is 0 Å². The van der Waals surface area contributed by atoms with Gasteiger partial charge in [0.05, 0.1) is 30.0 Å². The number of rotatable bonds is 4. The zero-order valence-corrected chi connectivity index (χ0v) is 14.0. The smallest absolute Gasteiger partial charge is 0.148 e. The van der Waals surface area contributed by atoms with Crippen LogP contribution < -0.4 is 0 Å². The first-order chi connectivity index (χ1) is 11.0. The normalized spacial score (nSPS) is 19.7. The summed E-state index contributed by atoms with van der Waals surface area (Å²) in [5.41, 5.74) is 5.20. The Morgan fingerprint density at radius 2 is 2.17 bits per heavy atom. The van der Waals surface area contributed by atoms with E-state index in [0.717, 1.165) is 34.3 Å². The van der Waals surface area contributed by atoms with E-state index in [9.17, 15) is 5.11 Å². The number of likely N-dealkylation sites (N-methyl/N-ethyl adjacent to an activating group) is 1. The minimum atomic E-state index is -0.546. The average molecular weight is 313 g/mol. The topological polar surface area (TPSA) is 50.5 Å². The molecule has 23 heavy (non-hydrogen) atoms. The SMILES string of the molecule is COC(C)Cn1cnc2ccc(C3=CN(C)C(O)C(C)=C3)cc21. The van der Waals surface area contributed by atoms with Crippen LogP contribution in [0.2, 0.25) is 0 Å². The van der Waals surface area contributed by atoms with Gasteiger partial charge in [0.25, 0.3) is 0 Å². The molecule has 0 saturated carbocycles. The van der Waals surface area contributed by atoms with Gasteiger partial charge in [0, 0.05) is 20.4 Å². The van der Waals surface area contributed by atoms with Crippen LogP contribution in [0.15, 0.2) is 42.4 Å². The predicted octanol–water partition coefficient (Wildman–Crippen LogP) is 2.62. The van der Waals surface area contributed by atoms with Crippen molar-refractivity contribution in [1.29, 1.82) is 0 Å². The highest BCUT2D eigenvalue weighted by Crippen LogP contribution is 2.27. The molecule has 5 heteroatoms. The van der Waals surface area contributed by atoms with Gasteiger partial charge in [-0.1, -0.05) is 6.07 Å². The Kier molecular flexibility index (Phi) is 4.24. The summed E-state index contributed by atoms with van der Waals surface area (Å²) in [5, 5.41) is 10.0. The summed E-state index contributed by atoms with van der Waals surface area (Å²) in [4.78, 5) is 6.27. The van der Waals surface area contributed by atoms with Gasteiger partial charge in [-0.3, -0.25) is 0 Å². The fraction of sp³-hybridized carbons (Fsp3) is 0.389. The molecule has 1 aliphatic heterocycles. The number of fused-ring (bicyclic) bond motifs is 1. The monoisotopic (exact) mass is 313 g/mol. The molecule has 1 aromatic carbocycles. The van der Waals surface area contributed by atoms with E-state index in [-0.39, 0.29) is 6.10 Å². The molecule has 2 heterocycles. The van der Waals surface area contributed by atoms with E-state index in [1.165, 1.54) is 0 Å². The molecular formula is C18H23N3O2. The highest BCUT2D eigenvalue weighted by Gasteiger charge is 2.17. The molecule has 1 aliphatic rings. The maximum atomic E-state index is 10.0. The molecule has 2 atom stereocenters. The number of hydrogen-bond acceptors (Lipinski definition) is 4. The van der Waals surface area contributed by atoms with Crippen LogP contribution in [0.25, 0.3) is 16.6 Å². The van der Waals surface area contributed by atoms with Gasteiger partial charge in [0.2, 0.25) is 0 Å². The molecule has 2 unspecified atom stereocenters. The van der Waals surface area contributed by atoms with Gasteiger partial charge < -0.3 is 19.3 Å². The number of allylic oxidation sites excluding steroid dienone is 2. The first-order valence-corrected chi connectivity index (χ1v) is 7.77. The second kappa shape index (κ2) is 6.18. The van der Waals surface area contributed by atoms with Gasteiger partial charge in [-0.25, -0.2) is 4.98 Å². The van der Waals surface area contributed by atoms with Gasteiger partial charge in [-0.05, 0) is 48.8 Å². The molecule has 0 bridgehead atoms. The number of aromatic nitrogens is 2. The molecule has 0 radical (unpaired) electrons. The molecule has 0 aliphatic carbocycles. The number of benzene rings is 1. The first kappa shape index (κ1) is 15.8. The minimum Gasteiger partial charge on any atom is -0.380 e. The van der Waals surface area contributed by atoms with Crippen molar-refractivity contribution in [2.24, 2.45) is 0 Å². The number of aliphatic hydroxyl groups is 1. The van der Waals surface area contributed by atoms with Crippen LogP contribution in [0.1, 0.15) is 19.4 Å². The Labute approximate surface area is 136 Å². The van der Waals surface area contributed by atoms with E-state index < -0.39 is 6.23 Å². The second-order valence-electron chi connectivity index (χ2n) is 6.16. The summed E-state index contributed by atoms with van der Waals surface area (Å²) in [6.07, 6.45) is 5.45. The van der Waals surface area contributed by atoms with Crippen LogP contribution in [0.5, 0.6) is 0 Å². The van der Waals surface area contributed by atoms with Gasteiger partial charge >= 0.3 is 0 Å². The van der Waals surface area contributed by atoms with Gasteiger partial charge in [0.1, 0.15) is 6.23 Å². The molecule has 3 rings (SSSR count). The van der Waals surface area contributed by atoms with Crippen LogP contribution >= 0.6 is 0 Å². The Hall–Kier alpha value is -2.11. The lowest BCUT2D eigenvalue weighted by Gasteiger charge is -2.28.